The highest BCUT2D eigenvalue weighted by Crippen LogP contribution is 2.44. The van der Waals surface area contributed by atoms with Crippen molar-refractivity contribution >= 4 is 70.9 Å². The molecule has 1 heteroatoms. The van der Waals surface area contributed by atoms with E-state index in [0.29, 0.717) is 0 Å². The van der Waals surface area contributed by atoms with E-state index in [1.165, 1.54) is 76.1 Å². The Hall–Kier alpha value is -7.22. The molecular formula is C54H37N. The Kier molecular flexibility index (Phi) is 8.24. The molecule has 0 saturated carbocycles. The number of anilines is 3. The Labute approximate surface area is 321 Å². The fourth-order valence-corrected chi connectivity index (χ4v) is 8.33. The molecule has 10 aromatic carbocycles. The minimum absolute atomic E-state index is 1.09. The van der Waals surface area contributed by atoms with Crippen molar-refractivity contribution in [2.45, 2.75) is 0 Å². The van der Waals surface area contributed by atoms with E-state index in [4.69, 9.17) is 0 Å². The van der Waals surface area contributed by atoms with Gasteiger partial charge in [0.2, 0.25) is 0 Å². The first kappa shape index (κ1) is 32.4. The quantitative estimate of drug-likeness (QED) is 0.173. The minimum atomic E-state index is 1.09. The van der Waals surface area contributed by atoms with Gasteiger partial charge in [0.1, 0.15) is 0 Å². The van der Waals surface area contributed by atoms with Crippen molar-refractivity contribution in [1.29, 1.82) is 0 Å². The fraction of sp³-hybridized carbons (Fsp3) is 0. The largest absolute Gasteiger partial charge is 0.310 e. The molecule has 0 radical (unpaired) electrons. The van der Waals surface area contributed by atoms with Crippen LogP contribution in [0.5, 0.6) is 0 Å². The molecule has 0 aliphatic heterocycles. The summed E-state index contributed by atoms with van der Waals surface area (Å²) in [6, 6.07) is 81.7. The molecule has 258 valence electrons. The second kappa shape index (κ2) is 14.0. The standard InChI is InChI=1S/C54H37N/c1-3-17-38(18-4-1)39-31-33-41(34-32-39)55(54-30-16-15-21-43(54)40-19-5-2-6-20-40)42-35-36-52-50-28-12-11-26-48(50)46-24-8-7-22-44(46)45-23-9-10-25-47(45)49-27-13-14-29-51(49)53(52)37-42/h1-37H. The lowest BCUT2D eigenvalue weighted by molar-refractivity contribution is 1.29. The molecule has 0 atom stereocenters. The Morgan fingerprint density at radius 3 is 1.05 bits per heavy atom. The van der Waals surface area contributed by atoms with Crippen LogP contribution in [0.2, 0.25) is 0 Å². The maximum Gasteiger partial charge on any atom is 0.0540 e. The molecule has 0 unspecified atom stereocenters. The highest BCUT2D eigenvalue weighted by molar-refractivity contribution is 6.26. The smallest absolute Gasteiger partial charge is 0.0540 e. The molecule has 55 heavy (non-hydrogen) atoms. The number of benzene rings is 9. The molecule has 0 aliphatic rings. The molecule has 0 heterocycles. The molecular weight excluding hydrogens is 663 g/mol. The fourth-order valence-electron chi connectivity index (χ4n) is 8.33. The zero-order valence-electron chi connectivity index (χ0n) is 30.3. The first-order valence-electron chi connectivity index (χ1n) is 18.9. The summed E-state index contributed by atoms with van der Waals surface area (Å²) in [6.45, 7) is 0. The van der Waals surface area contributed by atoms with Crippen LogP contribution < -0.4 is 4.90 Å². The van der Waals surface area contributed by atoms with E-state index in [-0.39, 0.29) is 0 Å². The highest BCUT2D eigenvalue weighted by atomic mass is 15.1. The van der Waals surface area contributed by atoms with Gasteiger partial charge in [-0.3, -0.25) is 0 Å². The Morgan fingerprint density at radius 1 is 0.218 bits per heavy atom. The SMILES string of the molecule is c1ccc(-c2ccc(N(c3ccc4c5ccccc5c5ccccc5c5ccccc5c5ccccc5c4c3)c3ccccc3-c3ccccc3)cc2)cc1. The van der Waals surface area contributed by atoms with Gasteiger partial charge in [0.15, 0.2) is 0 Å². The number of nitrogens with zero attached hydrogens (tertiary/aromatic N) is 1. The van der Waals surface area contributed by atoms with Gasteiger partial charge >= 0.3 is 0 Å². The summed E-state index contributed by atoms with van der Waals surface area (Å²) < 4.78 is 0. The molecule has 0 bridgehead atoms. The number of para-hydroxylation sites is 1. The molecule has 0 fully saturated rings. The van der Waals surface area contributed by atoms with Crippen molar-refractivity contribution in [2.75, 3.05) is 4.90 Å². The van der Waals surface area contributed by atoms with E-state index in [1.807, 2.05) is 0 Å². The number of hydrogen-bond acceptors (Lipinski definition) is 1. The highest BCUT2D eigenvalue weighted by Gasteiger charge is 2.19. The van der Waals surface area contributed by atoms with E-state index >= 15 is 0 Å². The van der Waals surface area contributed by atoms with Crippen molar-refractivity contribution in [2.24, 2.45) is 0 Å². The maximum absolute atomic E-state index is 2.42. The van der Waals surface area contributed by atoms with E-state index in [9.17, 15) is 0 Å². The Bertz CT molecular complexity index is 3000. The number of rotatable bonds is 5. The minimum Gasteiger partial charge on any atom is -0.310 e. The van der Waals surface area contributed by atoms with Gasteiger partial charge < -0.3 is 4.90 Å². The zero-order valence-corrected chi connectivity index (χ0v) is 30.3. The van der Waals surface area contributed by atoms with Crippen LogP contribution in [0, 0.1) is 0 Å². The summed E-state index contributed by atoms with van der Waals surface area (Å²) in [5, 5.41) is 12.2. The third-order valence-corrected chi connectivity index (χ3v) is 10.9. The van der Waals surface area contributed by atoms with Gasteiger partial charge in [0, 0.05) is 16.9 Å². The number of hydrogen-bond donors (Lipinski definition) is 0. The second-order valence-corrected chi connectivity index (χ2v) is 14.0. The van der Waals surface area contributed by atoms with Gasteiger partial charge in [-0.2, -0.15) is 0 Å². The normalized spacial score (nSPS) is 11.3. The molecule has 0 aliphatic carbocycles. The van der Waals surface area contributed by atoms with Crippen LogP contribution in [0.25, 0.3) is 76.1 Å². The van der Waals surface area contributed by atoms with Crippen molar-refractivity contribution in [3.8, 4) is 22.3 Å². The van der Waals surface area contributed by atoms with Gasteiger partial charge in [-0.1, -0.05) is 194 Å². The van der Waals surface area contributed by atoms with Gasteiger partial charge in [0.25, 0.3) is 0 Å². The van der Waals surface area contributed by atoms with E-state index in [0.717, 1.165) is 17.1 Å². The summed E-state index contributed by atoms with van der Waals surface area (Å²) in [7, 11) is 0. The molecule has 0 spiro atoms. The molecule has 10 aromatic rings. The van der Waals surface area contributed by atoms with E-state index in [1.54, 1.807) is 0 Å². The Morgan fingerprint density at radius 2 is 0.564 bits per heavy atom. The predicted molar refractivity (Wildman–Crippen MR) is 237 cm³/mol. The van der Waals surface area contributed by atoms with Gasteiger partial charge in [-0.25, -0.2) is 0 Å². The van der Waals surface area contributed by atoms with Crippen molar-refractivity contribution in [3.63, 3.8) is 0 Å². The van der Waals surface area contributed by atoms with Crippen molar-refractivity contribution < 1.29 is 0 Å². The van der Waals surface area contributed by atoms with Gasteiger partial charge in [0.05, 0.1) is 5.69 Å². The zero-order chi connectivity index (χ0) is 36.6. The first-order chi connectivity index (χ1) is 27.3. The lowest BCUT2D eigenvalue weighted by atomic mass is 9.94. The maximum atomic E-state index is 2.42. The average molecular weight is 700 g/mol. The van der Waals surface area contributed by atoms with Crippen LogP contribution >= 0.6 is 0 Å². The number of fused-ring (bicyclic) bond motifs is 10. The monoisotopic (exact) mass is 699 g/mol. The predicted octanol–water partition coefficient (Wildman–Crippen LogP) is 15.4. The van der Waals surface area contributed by atoms with Crippen LogP contribution in [0.3, 0.4) is 0 Å². The third kappa shape index (κ3) is 5.84. The van der Waals surface area contributed by atoms with Crippen LogP contribution in [0.4, 0.5) is 17.1 Å². The van der Waals surface area contributed by atoms with Crippen molar-refractivity contribution in [3.05, 3.63) is 224 Å². The van der Waals surface area contributed by atoms with Crippen molar-refractivity contribution in [1.82, 2.24) is 0 Å². The summed E-state index contributed by atoms with van der Waals surface area (Å²) in [5.41, 5.74) is 8.05. The average Bonchev–Trinajstić information content (AvgIpc) is 3.27. The lowest BCUT2D eigenvalue weighted by Gasteiger charge is -2.28. The van der Waals surface area contributed by atoms with Gasteiger partial charge in [-0.05, 0) is 101 Å². The van der Waals surface area contributed by atoms with Crippen LogP contribution in [-0.4, -0.2) is 0 Å². The summed E-state index contributed by atoms with van der Waals surface area (Å²) >= 11 is 0. The summed E-state index contributed by atoms with van der Waals surface area (Å²) in [6.07, 6.45) is 0. The first-order valence-corrected chi connectivity index (χ1v) is 18.9. The van der Waals surface area contributed by atoms with Crippen LogP contribution in [0.1, 0.15) is 0 Å². The second-order valence-electron chi connectivity index (χ2n) is 14.0. The third-order valence-electron chi connectivity index (χ3n) is 10.9. The van der Waals surface area contributed by atoms with Gasteiger partial charge in [-0.15, -0.1) is 0 Å². The molecule has 10 rings (SSSR count). The van der Waals surface area contributed by atoms with E-state index < -0.39 is 0 Å². The Balaban J connectivity index is 1.33. The summed E-state index contributed by atoms with van der Waals surface area (Å²) in [5.74, 6) is 0. The molecule has 0 amide bonds. The lowest BCUT2D eigenvalue weighted by Crippen LogP contribution is -2.11. The van der Waals surface area contributed by atoms with E-state index in [2.05, 4.69) is 229 Å². The molecule has 1 nitrogen and oxygen atoms in total. The molecule has 0 aromatic heterocycles. The van der Waals surface area contributed by atoms with Crippen LogP contribution in [0.15, 0.2) is 224 Å². The summed E-state index contributed by atoms with van der Waals surface area (Å²) in [4.78, 5) is 2.42. The topological polar surface area (TPSA) is 3.24 Å². The van der Waals surface area contributed by atoms with Crippen LogP contribution in [-0.2, 0) is 0 Å². The molecule has 0 N–H and O–H groups in total. The molecule has 0 saturated heterocycles.